The van der Waals surface area contributed by atoms with Gasteiger partial charge in [0, 0.05) is 32.0 Å². The molecule has 5 heteroatoms. The van der Waals surface area contributed by atoms with E-state index in [1.807, 2.05) is 17.8 Å². The molecule has 18 heavy (non-hydrogen) atoms. The van der Waals surface area contributed by atoms with Crippen LogP contribution in [0.4, 0.5) is 0 Å². The standard InChI is InChI=1S/C13H19N3O2/c1-15-6-4-14-13(15)7-11(17)12-8-16-5-2-3-10(16)9-18-12/h4,6,10,12H,2-3,5,7-9H2,1H3. The molecule has 2 atom stereocenters. The second-order valence-corrected chi connectivity index (χ2v) is 5.21. The Hall–Kier alpha value is -1.20. The monoisotopic (exact) mass is 249 g/mol. The predicted molar refractivity (Wildman–Crippen MR) is 66.3 cm³/mol. The lowest BCUT2D eigenvalue weighted by atomic mass is 10.1. The maximum atomic E-state index is 12.2. The van der Waals surface area contributed by atoms with E-state index < -0.39 is 0 Å². The molecule has 2 fully saturated rings. The summed E-state index contributed by atoms with van der Waals surface area (Å²) in [5.41, 5.74) is 0. The van der Waals surface area contributed by atoms with Crippen LogP contribution in [0.15, 0.2) is 12.4 Å². The van der Waals surface area contributed by atoms with Gasteiger partial charge in [-0.05, 0) is 19.4 Å². The zero-order valence-electron chi connectivity index (χ0n) is 10.7. The maximum Gasteiger partial charge on any atom is 0.170 e. The third kappa shape index (κ3) is 2.20. The van der Waals surface area contributed by atoms with Gasteiger partial charge in [0.25, 0.3) is 0 Å². The van der Waals surface area contributed by atoms with Crippen LogP contribution in [0, 0.1) is 0 Å². The topological polar surface area (TPSA) is 47.4 Å². The van der Waals surface area contributed by atoms with Crippen LogP contribution in [0.5, 0.6) is 0 Å². The third-order valence-corrected chi connectivity index (χ3v) is 4.00. The maximum absolute atomic E-state index is 12.2. The van der Waals surface area contributed by atoms with Gasteiger partial charge in [-0.25, -0.2) is 4.98 Å². The molecular formula is C13H19N3O2. The molecule has 1 aromatic heterocycles. The smallest absolute Gasteiger partial charge is 0.170 e. The molecule has 0 spiro atoms. The molecule has 0 bridgehead atoms. The molecule has 3 heterocycles. The molecular weight excluding hydrogens is 230 g/mol. The van der Waals surface area contributed by atoms with Crippen molar-refractivity contribution in [1.82, 2.24) is 14.5 Å². The molecule has 2 unspecified atom stereocenters. The van der Waals surface area contributed by atoms with Crippen molar-refractivity contribution >= 4 is 5.78 Å². The highest BCUT2D eigenvalue weighted by Gasteiger charge is 2.35. The van der Waals surface area contributed by atoms with Gasteiger partial charge in [0.15, 0.2) is 5.78 Å². The highest BCUT2D eigenvalue weighted by atomic mass is 16.5. The second kappa shape index (κ2) is 4.82. The molecule has 5 nitrogen and oxygen atoms in total. The Morgan fingerprint density at radius 3 is 3.28 bits per heavy atom. The SMILES string of the molecule is Cn1ccnc1CC(=O)C1CN2CCCC2CO1. The number of rotatable bonds is 3. The van der Waals surface area contributed by atoms with Crippen LogP contribution in [0.2, 0.25) is 0 Å². The van der Waals surface area contributed by atoms with E-state index in [1.165, 1.54) is 12.8 Å². The van der Waals surface area contributed by atoms with Crippen molar-refractivity contribution in [2.75, 3.05) is 19.7 Å². The van der Waals surface area contributed by atoms with Crippen LogP contribution < -0.4 is 0 Å². The van der Waals surface area contributed by atoms with E-state index >= 15 is 0 Å². The number of morpholine rings is 1. The molecule has 2 aliphatic rings. The molecule has 0 aromatic carbocycles. The minimum absolute atomic E-state index is 0.148. The van der Waals surface area contributed by atoms with Gasteiger partial charge in [0.2, 0.25) is 0 Å². The fraction of sp³-hybridized carbons (Fsp3) is 0.692. The average Bonchev–Trinajstić information content (AvgIpc) is 2.98. The lowest BCUT2D eigenvalue weighted by Gasteiger charge is -2.34. The van der Waals surface area contributed by atoms with E-state index in [0.717, 1.165) is 18.9 Å². The summed E-state index contributed by atoms with van der Waals surface area (Å²) in [5, 5.41) is 0. The minimum Gasteiger partial charge on any atom is -0.367 e. The van der Waals surface area contributed by atoms with Crippen molar-refractivity contribution in [1.29, 1.82) is 0 Å². The Balaban J connectivity index is 1.61. The number of hydrogen-bond donors (Lipinski definition) is 0. The predicted octanol–water partition coefficient (Wildman–Crippen LogP) is 0.395. The van der Waals surface area contributed by atoms with E-state index in [9.17, 15) is 4.79 Å². The lowest BCUT2D eigenvalue weighted by molar-refractivity contribution is -0.137. The quantitative estimate of drug-likeness (QED) is 0.778. The minimum atomic E-state index is -0.268. The summed E-state index contributed by atoms with van der Waals surface area (Å²) in [6.45, 7) is 2.57. The summed E-state index contributed by atoms with van der Waals surface area (Å²) < 4.78 is 7.60. The fourth-order valence-corrected chi connectivity index (χ4v) is 2.85. The number of fused-ring (bicyclic) bond motifs is 1. The zero-order chi connectivity index (χ0) is 12.5. The number of nitrogens with zero attached hydrogens (tertiary/aromatic N) is 3. The Kier molecular flexibility index (Phi) is 3.18. The summed E-state index contributed by atoms with van der Waals surface area (Å²) in [6.07, 6.45) is 6.12. The molecule has 0 aliphatic carbocycles. The molecule has 0 N–H and O–H groups in total. The number of carbonyl (C=O) groups is 1. The van der Waals surface area contributed by atoms with Gasteiger partial charge in [-0.1, -0.05) is 0 Å². The zero-order valence-corrected chi connectivity index (χ0v) is 10.7. The van der Waals surface area contributed by atoms with Gasteiger partial charge in [-0.15, -0.1) is 0 Å². The number of hydrogen-bond acceptors (Lipinski definition) is 4. The number of imidazole rings is 1. The number of aryl methyl sites for hydroxylation is 1. The summed E-state index contributed by atoms with van der Waals surface area (Å²) in [6, 6.07) is 0.544. The van der Waals surface area contributed by atoms with Crippen molar-refractivity contribution in [3.05, 3.63) is 18.2 Å². The van der Waals surface area contributed by atoms with Crippen molar-refractivity contribution in [2.45, 2.75) is 31.4 Å². The van der Waals surface area contributed by atoms with Crippen LogP contribution in [0.3, 0.4) is 0 Å². The Morgan fingerprint density at radius 1 is 1.61 bits per heavy atom. The first-order valence-electron chi connectivity index (χ1n) is 6.58. The number of Topliss-reactive ketones (excluding diaryl/α,β-unsaturated/α-hetero) is 1. The van der Waals surface area contributed by atoms with Gasteiger partial charge in [0.05, 0.1) is 13.0 Å². The van der Waals surface area contributed by atoms with E-state index in [1.54, 1.807) is 6.20 Å². The first-order valence-corrected chi connectivity index (χ1v) is 6.58. The van der Waals surface area contributed by atoms with Gasteiger partial charge in [-0.3, -0.25) is 9.69 Å². The van der Waals surface area contributed by atoms with Gasteiger partial charge >= 0.3 is 0 Å². The van der Waals surface area contributed by atoms with Gasteiger partial charge < -0.3 is 9.30 Å². The van der Waals surface area contributed by atoms with E-state index in [0.29, 0.717) is 19.1 Å². The summed E-state index contributed by atoms with van der Waals surface area (Å²) in [5.74, 6) is 0.960. The first-order chi connectivity index (χ1) is 8.74. The molecule has 0 radical (unpaired) electrons. The third-order valence-electron chi connectivity index (χ3n) is 4.00. The molecule has 98 valence electrons. The van der Waals surface area contributed by atoms with Gasteiger partial charge in [-0.2, -0.15) is 0 Å². The van der Waals surface area contributed by atoms with Crippen LogP contribution in [0.25, 0.3) is 0 Å². The summed E-state index contributed by atoms with van der Waals surface area (Å²) >= 11 is 0. The molecule has 3 rings (SSSR count). The van der Waals surface area contributed by atoms with Crippen molar-refractivity contribution < 1.29 is 9.53 Å². The number of ketones is 1. The van der Waals surface area contributed by atoms with Crippen LogP contribution in [-0.2, 0) is 23.0 Å². The number of carbonyl (C=O) groups excluding carboxylic acids is 1. The van der Waals surface area contributed by atoms with Crippen molar-refractivity contribution in [3.63, 3.8) is 0 Å². The van der Waals surface area contributed by atoms with E-state index in [-0.39, 0.29) is 11.9 Å². The Labute approximate surface area is 107 Å². The van der Waals surface area contributed by atoms with Gasteiger partial charge in [0.1, 0.15) is 11.9 Å². The molecule has 2 aliphatic heterocycles. The second-order valence-electron chi connectivity index (χ2n) is 5.21. The fourth-order valence-electron chi connectivity index (χ4n) is 2.85. The number of ether oxygens (including phenoxy) is 1. The highest BCUT2D eigenvalue weighted by molar-refractivity contribution is 5.85. The van der Waals surface area contributed by atoms with Crippen molar-refractivity contribution in [2.24, 2.45) is 7.05 Å². The van der Waals surface area contributed by atoms with Crippen LogP contribution >= 0.6 is 0 Å². The average molecular weight is 249 g/mol. The Bertz CT molecular complexity index is 443. The molecule has 2 saturated heterocycles. The lowest BCUT2D eigenvalue weighted by Crippen LogP contribution is -2.49. The summed E-state index contributed by atoms with van der Waals surface area (Å²) in [4.78, 5) is 18.8. The van der Waals surface area contributed by atoms with E-state index in [2.05, 4.69) is 9.88 Å². The first kappa shape index (κ1) is 11.9. The summed E-state index contributed by atoms with van der Waals surface area (Å²) in [7, 11) is 1.91. The van der Waals surface area contributed by atoms with Crippen LogP contribution in [-0.4, -0.2) is 52.1 Å². The largest absolute Gasteiger partial charge is 0.367 e. The van der Waals surface area contributed by atoms with Crippen molar-refractivity contribution in [3.8, 4) is 0 Å². The number of aromatic nitrogens is 2. The highest BCUT2D eigenvalue weighted by Crippen LogP contribution is 2.23. The van der Waals surface area contributed by atoms with Crippen LogP contribution in [0.1, 0.15) is 18.7 Å². The Morgan fingerprint density at radius 2 is 2.50 bits per heavy atom. The normalized spacial score (nSPS) is 28.3. The molecule has 0 saturated carbocycles. The molecule has 1 aromatic rings. The molecule has 0 amide bonds. The van der Waals surface area contributed by atoms with E-state index in [4.69, 9.17) is 4.74 Å².